The molecule has 10 heteroatoms. The normalized spacial score (nSPS) is 27.2. The highest BCUT2D eigenvalue weighted by molar-refractivity contribution is 7.89. The van der Waals surface area contributed by atoms with Crippen LogP contribution in [-0.2, 0) is 14.8 Å². The van der Waals surface area contributed by atoms with Gasteiger partial charge in [0.25, 0.3) is 5.69 Å². The van der Waals surface area contributed by atoms with E-state index in [-0.39, 0.29) is 22.0 Å². The summed E-state index contributed by atoms with van der Waals surface area (Å²) in [5, 5.41) is 19.0. The number of nitrogens with one attached hydrogen (secondary N) is 1. The van der Waals surface area contributed by atoms with Gasteiger partial charge in [0.1, 0.15) is 5.69 Å². The number of anilines is 1. The molecule has 9 nitrogen and oxygen atoms in total. The Labute approximate surface area is 120 Å². The summed E-state index contributed by atoms with van der Waals surface area (Å²) >= 11 is 0. The fraction of sp³-hybridized carbons (Fsp3) is 0.455. The zero-order valence-corrected chi connectivity index (χ0v) is 11.8. The summed E-state index contributed by atoms with van der Waals surface area (Å²) in [7, 11) is -3.98. The van der Waals surface area contributed by atoms with Crippen LogP contribution in [0.25, 0.3) is 0 Å². The predicted molar refractivity (Wildman–Crippen MR) is 73.2 cm³/mol. The van der Waals surface area contributed by atoms with E-state index in [9.17, 15) is 18.5 Å². The SMILES string of the molecule is NS(=O)(=O)c1ccc(NCC23CN2CCO3)c([N+](=O)[O-])c1. The Morgan fingerprint density at radius 2 is 2.29 bits per heavy atom. The van der Waals surface area contributed by atoms with Crippen molar-refractivity contribution < 1.29 is 18.1 Å². The number of nitro groups is 1. The molecule has 2 saturated heterocycles. The number of hydrogen-bond acceptors (Lipinski definition) is 7. The number of nitro benzene ring substituents is 1. The number of morpholine rings is 1. The first-order valence-corrected chi connectivity index (χ1v) is 7.81. The van der Waals surface area contributed by atoms with Crippen LogP contribution in [0.15, 0.2) is 23.1 Å². The van der Waals surface area contributed by atoms with E-state index in [1.165, 1.54) is 12.1 Å². The average molecular weight is 314 g/mol. The summed E-state index contributed by atoms with van der Waals surface area (Å²) in [6, 6.07) is 3.54. The lowest BCUT2D eigenvalue weighted by atomic mass is 10.2. The molecule has 0 spiro atoms. The van der Waals surface area contributed by atoms with Gasteiger partial charge in [-0.15, -0.1) is 0 Å². The van der Waals surface area contributed by atoms with Gasteiger partial charge >= 0.3 is 0 Å². The first-order valence-electron chi connectivity index (χ1n) is 6.26. The summed E-state index contributed by atoms with van der Waals surface area (Å²) in [4.78, 5) is 12.3. The summed E-state index contributed by atoms with van der Waals surface area (Å²) in [6.45, 7) is 2.70. The molecule has 0 amide bonds. The van der Waals surface area contributed by atoms with Gasteiger partial charge in [-0.1, -0.05) is 0 Å². The van der Waals surface area contributed by atoms with Crippen LogP contribution in [0.5, 0.6) is 0 Å². The highest BCUT2D eigenvalue weighted by Crippen LogP contribution is 2.38. The molecule has 0 radical (unpaired) electrons. The third kappa shape index (κ3) is 2.58. The summed E-state index contributed by atoms with van der Waals surface area (Å²) in [5.41, 5.74) is -0.459. The van der Waals surface area contributed by atoms with E-state index in [2.05, 4.69) is 10.2 Å². The van der Waals surface area contributed by atoms with Gasteiger partial charge in [0.05, 0.1) is 23.0 Å². The number of sulfonamides is 1. The molecule has 2 unspecified atom stereocenters. The minimum atomic E-state index is -3.98. The summed E-state index contributed by atoms with van der Waals surface area (Å²) < 4.78 is 28.1. The van der Waals surface area contributed by atoms with Gasteiger partial charge in [-0.05, 0) is 12.1 Å². The Morgan fingerprint density at radius 3 is 2.81 bits per heavy atom. The van der Waals surface area contributed by atoms with Crippen molar-refractivity contribution in [3.63, 3.8) is 0 Å². The van der Waals surface area contributed by atoms with Crippen molar-refractivity contribution >= 4 is 21.4 Å². The second-order valence-corrected chi connectivity index (χ2v) is 6.61. The zero-order chi connectivity index (χ0) is 15.3. The average Bonchev–Trinajstić information content (AvgIpc) is 2.96. The molecule has 0 bridgehead atoms. The highest BCUT2D eigenvalue weighted by atomic mass is 32.2. The fourth-order valence-electron chi connectivity index (χ4n) is 2.47. The lowest BCUT2D eigenvalue weighted by molar-refractivity contribution is -0.384. The molecule has 2 aliphatic rings. The third-order valence-electron chi connectivity index (χ3n) is 3.69. The van der Waals surface area contributed by atoms with E-state index >= 15 is 0 Å². The Kier molecular flexibility index (Phi) is 3.13. The number of benzene rings is 1. The molecule has 0 aromatic heterocycles. The third-order valence-corrected chi connectivity index (χ3v) is 4.60. The molecule has 1 aromatic carbocycles. The lowest BCUT2D eigenvalue weighted by Crippen LogP contribution is -2.26. The van der Waals surface area contributed by atoms with Crippen LogP contribution < -0.4 is 10.5 Å². The largest absolute Gasteiger partial charge is 0.375 e. The van der Waals surface area contributed by atoms with Crippen LogP contribution in [0.3, 0.4) is 0 Å². The second-order valence-electron chi connectivity index (χ2n) is 5.05. The van der Waals surface area contributed by atoms with Crippen LogP contribution in [-0.4, -0.2) is 50.2 Å². The molecule has 21 heavy (non-hydrogen) atoms. The maximum Gasteiger partial charge on any atom is 0.293 e. The van der Waals surface area contributed by atoms with E-state index in [4.69, 9.17) is 9.88 Å². The number of nitrogens with zero attached hydrogens (tertiary/aromatic N) is 2. The van der Waals surface area contributed by atoms with Crippen LogP contribution >= 0.6 is 0 Å². The van der Waals surface area contributed by atoms with Crippen molar-refractivity contribution in [1.29, 1.82) is 0 Å². The van der Waals surface area contributed by atoms with Gasteiger partial charge in [0.2, 0.25) is 10.0 Å². The zero-order valence-electron chi connectivity index (χ0n) is 11.0. The number of fused-ring (bicyclic) bond motifs is 1. The molecule has 0 saturated carbocycles. The van der Waals surface area contributed by atoms with E-state index in [1.807, 2.05) is 0 Å². The van der Waals surface area contributed by atoms with Gasteiger partial charge < -0.3 is 10.1 Å². The number of primary sulfonamides is 1. The van der Waals surface area contributed by atoms with Crippen LogP contribution in [0.4, 0.5) is 11.4 Å². The maximum atomic E-state index is 11.3. The minimum Gasteiger partial charge on any atom is -0.375 e. The van der Waals surface area contributed by atoms with Crippen molar-refractivity contribution in [3.8, 4) is 0 Å². The standard InChI is InChI=1S/C11H14N4O5S/c12-21(18,19)8-1-2-9(10(5-8)15(16)17)13-6-11-7-14(11)3-4-20-11/h1-2,5,13H,3-4,6-7H2,(H2,12,18,19). The van der Waals surface area contributed by atoms with E-state index in [0.29, 0.717) is 13.2 Å². The van der Waals surface area contributed by atoms with Crippen molar-refractivity contribution in [2.24, 2.45) is 5.14 Å². The van der Waals surface area contributed by atoms with Gasteiger partial charge in [-0.2, -0.15) is 0 Å². The first kappa shape index (κ1) is 14.2. The van der Waals surface area contributed by atoms with Crippen LogP contribution in [0, 0.1) is 10.1 Å². The summed E-state index contributed by atoms with van der Waals surface area (Å²) in [5.74, 6) is 0. The molecule has 114 valence electrons. The molecule has 0 aliphatic carbocycles. The molecule has 2 heterocycles. The Morgan fingerprint density at radius 1 is 1.52 bits per heavy atom. The van der Waals surface area contributed by atoms with Gasteiger partial charge in [-0.3, -0.25) is 15.0 Å². The fourth-order valence-corrected chi connectivity index (χ4v) is 3.00. The van der Waals surface area contributed by atoms with Crippen LogP contribution in [0.1, 0.15) is 0 Å². The summed E-state index contributed by atoms with van der Waals surface area (Å²) in [6.07, 6.45) is 0. The quantitative estimate of drug-likeness (QED) is 0.433. The number of hydrogen-bond donors (Lipinski definition) is 2. The number of nitrogens with two attached hydrogens (primary N) is 1. The molecule has 3 rings (SSSR count). The van der Waals surface area contributed by atoms with Gasteiger partial charge in [0, 0.05) is 19.2 Å². The van der Waals surface area contributed by atoms with Crippen molar-refractivity contribution in [2.45, 2.75) is 10.6 Å². The second kappa shape index (κ2) is 4.63. The first-order chi connectivity index (χ1) is 9.82. The van der Waals surface area contributed by atoms with Gasteiger partial charge in [0.15, 0.2) is 5.72 Å². The Hall–Kier alpha value is -1.75. The molecule has 2 fully saturated rings. The van der Waals surface area contributed by atoms with E-state index in [0.717, 1.165) is 19.2 Å². The number of rotatable bonds is 5. The minimum absolute atomic E-state index is 0.240. The maximum absolute atomic E-state index is 11.3. The molecule has 2 atom stereocenters. The monoisotopic (exact) mass is 314 g/mol. The molecule has 2 aliphatic heterocycles. The Bertz CT molecular complexity index is 707. The predicted octanol–water partition coefficient (Wildman–Crippen LogP) is -0.304. The molecular formula is C11H14N4O5S. The van der Waals surface area contributed by atoms with Crippen molar-refractivity contribution in [1.82, 2.24) is 4.90 Å². The molecule has 3 N–H and O–H groups in total. The van der Waals surface area contributed by atoms with Crippen LogP contribution in [0.2, 0.25) is 0 Å². The Balaban J connectivity index is 1.83. The molecule has 1 aromatic rings. The smallest absolute Gasteiger partial charge is 0.293 e. The number of ether oxygens (including phenoxy) is 1. The van der Waals surface area contributed by atoms with E-state index < -0.39 is 14.9 Å². The van der Waals surface area contributed by atoms with Crippen molar-refractivity contribution in [3.05, 3.63) is 28.3 Å². The topological polar surface area (TPSA) is 128 Å². The van der Waals surface area contributed by atoms with Gasteiger partial charge in [-0.25, -0.2) is 13.6 Å². The highest BCUT2D eigenvalue weighted by Gasteiger charge is 2.56. The van der Waals surface area contributed by atoms with Crippen molar-refractivity contribution in [2.75, 3.05) is 31.6 Å². The lowest BCUT2D eigenvalue weighted by Gasteiger charge is -2.13. The molecular weight excluding hydrogens is 300 g/mol. The van der Waals surface area contributed by atoms with E-state index in [1.54, 1.807) is 0 Å².